The van der Waals surface area contributed by atoms with Crippen molar-refractivity contribution in [2.24, 2.45) is 0 Å². The minimum Gasteiger partial charge on any atom is -0.423 e. The van der Waals surface area contributed by atoms with Crippen molar-refractivity contribution < 1.29 is 9.53 Å². The van der Waals surface area contributed by atoms with Gasteiger partial charge in [-0.15, -0.1) is 0 Å². The number of benzene rings is 2. The number of esters is 1. The minimum atomic E-state index is -0.415. The second kappa shape index (κ2) is 14.9. The molecule has 0 amide bonds. The highest BCUT2D eigenvalue weighted by molar-refractivity contribution is 5.91. The second-order valence-corrected chi connectivity index (χ2v) is 9.94. The van der Waals surface area contributed by atoms with Gasteiger partial charge in [-0.1, -0.05) is 64.5 Å². The van der Waals surface area contributed by atoms with Crippen molar-refractivity contribution >= 4 is 5.97 Å². The second-order valence-electron chi connectivity index (χ2n) is 9.94. The van der Waals surface area contributed by atoms with Gasteiger partial charge in [0, 0.05) is 35.9 Å². The van der Waals surface area contributed by atoms with Crippen LogP contribution in [0, 0.1) is 0 Å². The number of hydrogen-bond acceptors (Lipinski definition) is 6. The van der Waals surface area contributed by atoms with E-state index in [2.05, 4.69) is 33.8 Å². The Morgan fingerprint density at radius 2 is 1.03 bits per heavy atom. The van der Waals surface area contributed by atoms with Crippen molar-refractivity contribution in [3.05, 3.63) is 90.0 Å². The Morgan fingerprint density at radius 1 is 0.590 bits per heavy atom. The minimum absolute atomic E-state index is 0.415. The molecular formula is C33H38N4O2. The fraction of sp³-hybridized carbons (Fsp3) is 0.364. The van der Waals surface area contributed by atoms with Crippen molar-refractivity contribution in [1.82, 2.24) is 19.9 Å². The van der Waals surface area contributed by atoms with Gasteiger partial charge in [0.15, 0.2) is 11.6 Å². The van der Waals surface area contributed by atoms with Crippen LogP contribution in [0.3, 0.4) is 0 Å². The molecule has 0 spiro atoms. The van der Waals surface area contributed by atoms with Gasteiger partial charge >= 0.3 is 5.97 Å². The lowest BCUT2D eigenvalue weighted by Gasteiger charge is -2.07. The van der Waals surface area contributed by atoms with Gasteiger partial charge in [-0.25, -0.2) is 24.7 Å². The Morgan fingerprint density at radius 3 is 1.54 bits per heavy atom. The third kappa shape index (κ3) is 8.54. The number of aromatic nitrogens is 4. The number of ether oxygens (including phenoxy) is 1. The molecule has 0 saturated carbocycles. The van der Waals surface area contributed by atoms with Crippen LogP contribution in [0.2, 0.25) is 0 Å². The molecule has 2 aromatic heterocycles. The van der Waals surface area contributed by atoms with Gasteiger partial charge in [0.1, 0.15) is 5.75 Å². The molecule has 0 saturated heterocycles. The molecular weight excluding hydrogens is 484 g/mol. The standard InChI is InChI=1S/C33H38N4O2/c1-3-5-7-8-10-12-26-23-34-31(35-24-26)27-13-15-29(16-14-27)33(38)39-30-19-17-28(18-20-30)32-36-21-25(22-37-32)11-9-6-4-2/h13-24H,3-12H2,1-2H3. The summed E-state index contributed by atoms with van der Waals surface area (Å²) < 4.78 is 5.58. The number of unbranched alkanes of at least 4 members (excludes halogenated alkanes) is 6. The lowest BCUT2D eigenvalue weighted by atomic mass is 10.1. The number of hydrogen-bond donors (Lipinski definition) is 0. The summed E-state index contributed by atoms with van der Waals surface area (Å²) in [5, 5.41) is 0. The van der Waals surface area contributed by atoms with Crippen molar-refractivity contribution in [2.45, 2.75) is 78.1 Å². The number of nitrogens with zero attached hydrogens (tertiary/aromatic N) is 4. The van der Waals surface area contributed by atoms with E-state index in [-0.39, 0.29) is 0 Å². The highest BCUT2D eigenvalue weighted by atomic mass is 16.5. The fourth-order valence-electron chi connectivity index (χ4n) is 4.37. The largest absolute Gasteiger partial charge is 0.423 e. The molecule has 0 fully saturated rings. The molecule has 2 aromatic carbocycles. The third-order valence-electron chi connectivity index (χ3n) is 6.75. The van der Waals surface area contributed by atoms with E-state index in [1.165, 1.54) is 44.9 Å². The number of carbonyl (C=O) groups excluding carboxylic acids is 1. The molecule has 0 unspecified atom stereocenters. The maximum atomic E-state index is 12.7. The van der Waals surface area contributed by atoms with Crippen LogP contribution in [0.25, 0.3) is 22.8 Å². The van der Waals surface area contributed by atoms with E-state index in [1.807, 2.05) is 49.1 Å². The van der Waals surface area contributed by atoms with Gasteiger partial charge in [0.25, 0.3) is 0 Å². The number of rotatable bonds is 14. The van der Waals surface area contributed by atoms with Crippen LogP contribution in [0.4, 0.5) is 0 Å². The lowest BCUT2D eigenvalue weighted by Crippen LogP contribution is -2.08. The summed E-state index contributed by atoms with van der Waals surface area (Å²) in [6.07, 6.45) is 19.4. The summed E-state index contributed by atoms with van der Waals surface area (Å²) in [5.41, 5.74) is 4.52. The molecule has 0 N–H and O–H groups in total. The molecule has 0 aliphatic rings. The van der Waals surface area contributed by atoms with Crippen LogP contribution >= 0.6 is 0 Å². The molecule has 0 atom stereocenters. The first kappa shape index (κ1) is 28.1. The summed E-state index contributed by atoms with van der Waals surface area (Å²) in [6, 6.07) is 14.4. The van der Waals surface area contributed by atoms with E-state index in [0.29, 0.717) is 23.0 Å². The molecule has 6 nitrogen and oxygen atoms in total. The molecule has 4 rings (SSSR count). The maximum Gasteiger partial charge on any atom is 0.343 e. The topological polar surface area (TPSA) is 77.9 Å². The summed E-state index contributed by atoms with van der Waals surface area (Å²) in [7, 11) is 0. The highest BCUT2D eigenvalue weighted by Crippen LogP contribution is 2.22. The zero-order valence-corrected chi connectivity index (χ0v) is 23.1. The monoisotopic (exact) mass is 522 g/mol. The van der Waals surface area contributed by atoms with E-state index < -0.39 is 5.97 Å². The Balaban J connectivity index is 1.29. The summed E-state index contributed by atoms with van der Waals surface area (Å²) in [4.78, 5) is 30.7. The van der Waals surface area contributed by atoms with Crippen LogP contribution in [-0.4, -0.2) is 25.9 Å². The molecule has 6 heteroatoms. The lowest BCUT2D eigenvalue weighted by molar-refractivity contribution is 0.0735. The Kier molecular flexibility index (Phi) is 10.7. The maximum absolute atomic E-state index is 12.7. The van der Waals surface area contributed by atoms with Crippen molar-refractivity contribution in [1.29, 1.82) is 0 Å². The summed E-state index contributed by atoms with van der Waals surface area (Å²) in [5.74, 6) is 1.36. The first-order valence-electron chi connectivity index (χ1n) is 14.2. The zero-order chi connectivity index (χ0) is 27.3. The summed E-state index contributed by atoms with van der Waals surface area (Å²) in [6.45, 7) is 4.43. The number of carbonyl (C=O) groups is 1. The molecule has 2 heterocycles. The molecule has 4 aromatic rings. The van der Waals surface area contributed by atoms with E-state index in [0.717, 1.165) is 41.5 Å². The van der Waals surface area contributed by atoms with Crippen LogP contribution in [-0.2, 0) is 12.8 Å². The normalized spacial score (nSPS) is 10.9. The molecule has 0 bridgehead atoms. The fourth-order valence-corrected chi connectivity index (χ4v) is 4.37. The van der Waals surface area contributed by atoms with Crippen LogP contribution in [0.15, 0.2) is 73.3 Å². The third-order valence-corrected chi connectivity index (χ3v) is 6.75. The van der Waals surface area contributed by atoms with Crippen molar-refractivity contribution in [3.63, 3.8) is 0 Å². The van der Waals surface area contributed by atoms with Crippen LogP contribution in [0.1, 0.15) is 86.7 Å². The van der Waals surface area contributed by atoms with Gasteiger partial charge in [-0.2, -0.15) is 0 Å². The highest BCUT2D eigenvalue weighted by Gasteiger charge is 2.11. The summed E-state index contributed by atoms with van der Waals surface area (Å²) >= 11 is 0. The molecule has 202 valence electrons. The van der Waals surface area contributed by atoms with E-state index >= 15 is 0 Å². The van der Waals surface area contributed by atoms with Crippen LogP contribution < -0.4 is 4.74 Å². The average molecular weight is 523 g/mol. The van der Waals surface area contributed by atoms with Crippen LogP contribution in [0.5, 0.6) is 5.75 Å². The van der Waals surface area contributed by atoms with E-state index in [4.69, 9.17) is 4.74 Å². The van der Waals surface area contributed by atoms with Gasteiger partial charge in [0.05, 0.1) is 5.56 Å². The molecule has 0 radical (unpaired) electrons. The van der Waals surface area contributed by atoms with Gasteiger partial charge in [-0.05, 0) is 73.2 Å². The van der Waals surface area contributed by atoms with Crippen molar-refractivity contribution in [3.8, 4) is 28.5 Å². The predicted molar refractivity (Wildman–Crippen MR) is 156 cm³/mol. The molecule has 0 aliphatic heterocycles. The predicted octanol–water partition coefficient (Wildman–Crippen LogP) is 8.07. The molecule has 0 aliphatic carbocycles. The smallest absolute Gasteiger partial charge is 0.343 e. The quantitative estimate of drug-likeness (QED) is 0.0946. The Labute approximate surface area is 232 Å². The van der Waals surface area contributed by atoms with Crippen molar-refractivity contribution in [2.75, 3.05) is 0 Å². The molecule has 39 heavy (non-hydrogen) atoms. The average Bonchev–Trinajstić information content (AvgIpc) is 2.98. The zero-order valence-electron chi connectivity index (χ0n) is 23.1. The van der Waals surface area contributed by atoms with Gasteiger partial charge < -0.3 is 4.74 Å². The SMILES string of the molecule is CCCCCCCc1cnc(-c2ccc(C(=O)Oc3ccc(-c4ncc(CCCCC)cn4)cc3)cc2)nc1. The first-order valence-corrected chi connectivity index (χ1v) is 14.2. The Bertz CT molecular complexity index is 1290. The van der Waals surface area contributed by atoms with Gasteiger partial charge in [0.2, 0.25) is 0 Å². The first-order chi connectivity index (χ1) is 19.2. The van der Waals surface area contributed by atoms with E-state index in [1.54, 1.807) is 24.3 Å². The number of aryl methyl sites for hydroxylation is 2. The van der Waals surface area contributed by atoms with Gasteiger partial charge in [-0.3, -0.25) is 0 Å². The van der Waals surface area contributed by atoms with E-state index in [9.17, 15) is 4.79 Å². The Hall–Kier alpha value is -3.93.